The van der Waals surface area contributed by atoms with Crippen LogP contribution in [0, 0.1) is 0 Å². The molecule has 96 valence electrons. The third kappa shape index (κ3) is 13.5. The highest BCUT2D eigenvalue weighted by molar-refractivity contribution is 5.48. The van der Waals surface area contributed by atoms with Gasteiger partial charge < -0.3 is 4.79 Å². The summed E-state index contributed by atoms with van der Waals surface area (Å²) in [6.45, 7) is 0. The molecule has 0 saturated carbocycles. The third-order valence-electron chi connectivity index (χ3n) is 2.53. The Labute approximate surface area is 95.4 Å². The second-order valence-electron chi connectivity index (χ2n) is 4.15. The summed E-state index contributed by atoms with van der Waals surface area (Å²) >= 11 is 0. The lowest BCUT2D eigenvalue weighted by atomic mass is 10.1. The Kier molecular flexibility index (Phi) is 9.34. The van der Waals surface area contributed by atoms with E-state index in [1.807, 2.05) is 0 Å². The lowest BCUT2D eigenvalue weighted by Crippen LogP contribution is -2.06. The van der Waals surface area contributed by atoms with E-state index in [1.165, 1.54) is 0 Å². The molecule has 4 heteroatoms. The van der Waals surface area contributed by atoms with Gasteiger partial charge in [0.2, 0.25) is 0 Å². The zero-order valence-corrected chi connectivity index (χ0v) is 9.69. The van der Waals surface area contributed by atoms with Crippen LogP contribution in [0.2, 0.25) is 0 Å². The number of unbranched alkanes of at least 4 members (excludes halogenated alkanes) is 8. The van der Waals surface area contributed by atoms with Gasteiger partial charge in [0, 0.05) is 12.8 Å². The summed E-state index contributed by atoms with van der Waals surface area (Å²) in [5.41, 5.74) is 0. The largest absolute Gasteiger partial charge is 0.389 e. The first kappa shape index (κ1) is 15.5. The summed E-state index contributed by atoms with van der Waals surface area (Å²) in [5, 5.41) is 0. The van der Waals surface area contributed by atoms with Gasteiger partial charge in [-0.3, -0.25) is 0 Å². The fourth-order valence-corrected chi connectivity index (χ4v) is 1.61. The molecule has 1 nitrogen and oxygen atoms in total. The van der Waals surface area contributed by atoms with Gasteiger partial charge in [-0.15, -0.1) is 0 Å². The van der Waals surface area contributed by atoms with E-state index in [2.05, 4.69) is 0 Å². The molecule has 0 aromatic rings. The summed E-state index contributed by atoms with van der Waals surface area (Å²) in [6.07, 6.45) is 3.92. The third-order valence-corrected chi connectivity index (χ3v) is 2.53. The maximum atomic E-state index is 11.8. The Hall–Kier alpha value is -0.540. The lowest BCUT2D eigenvalue weighted by molar-refractivity contribution is -0.135. The van der Waals surface area contributed by atoms with Crippen LogP contribution in [0.1, 0.15) is 64.2 Å². The van der Waals surface area contributed by atoms with Crippen LogP contribution in [-0.4, -0.2) is 12.5 Å². The van der Waals surface area contributed by atoms with Gasteiger partial charge in [0.25, 0.3) is 0 Å². The van der Waals surface area contributed by atoms with Crippen LogP contribution in [0.5, 0.6) is 0 Å². The van der Waals surface area contributed by atoms with Crippen molar-refractivity contribution < 1.29 is 18.0 Å². The first-order chi connectivity index (χ1) is 7.56. The van der Waals surface area contributed by atoms with Crippen molar-refractivity contribution >= 4 is 6.29 Å². The molecule has 0 aliphatic heterocycles. The zero-order valence-electron chi connectivity index (χ0n) is 9.69. The van der Waals surface area contributed by atoms with E-state index in [1.54, 1.807) is 0 Å². The molecule has 0 unspecified atom stereocenters. The van der Waals surface area contributed by atoms with Crippen LogP contribution < -0.4 is 0 Å². The molecule has 0 saturated heterocycles. The van der Waals surface area contributed by atoms with Crippen molar-refractivity contribution in [1.29, 1.82) is 0 Å². The van der Waals surface area contributed by atoms with Crippen LogP contribution in [0.3, 0.4) is 0 Å². The summed E-state index contributed by atoms with van der Waals surface area (Å²) < 4.78 is 35.3. The van der Waals surface area contributed by atoms with E-state index in [0.717, 1.165) is 44.8 Å². The minimum absolute atomic E-state index is 0.259. The molecule has 0 bridgehead atoms. The van der Waals surface area contributed by atoms with Gasteiger partial charge in [-0.2, -0.15) is 13.2 Å². The number of aldehydes is 1. The predicted octanol–water partition coefficient (Wildman–Crippen LogP) is 4.65. The monoisotopic (exact) mass is 238 g/mol. The first-order valence-electron chi connectivity index (χ1n) is 6.06. The van der Waals surface area contributed by atoms with Gasteiger partial charge in [0.05, 0.1) is 0 Å². The molecule has 0 aromatic heterocycles. The zero-order chi connectivity index (χ0) is 12.3. The van der Waals surface area contributed by atoms with Crippen molar-refractivity contribution in [3.63, 3.8) is 0 Å². The van der Waals surface area contributed by atoms with Crippen LogP contribution >= 0.6 is 0 Å². The Morgan fingerprint density at radius 3 is 1.62 bits per heavy atom. The van der Waals surface area contributed by atoms with E-state index in [4.69, 9.17) is 0 Å². The average molecular weight is 238 g/mol. The van der Waals surface area contributed by atoms with Crippen molar-refractivity contribution in [3.8, 4) is 0 Å². The minimum Gasteiger partial charge on any atom is -0.303 e. The van der Waals surface area contributed by atoms with Crippen molar-refractivity contribution in [2.24, 2.45) is 0 Å². The highest BCUT2D eigenvalue weighted by atomic mass is 19.4. The molecule has 0 amide bonds. The van der Waals surface area contributed by atoms with Crippen molar-refractivity contribution in [2.45, 2.75) is 70.4 Å². The molecule has 0 atom stereocenters. The normalized spacial score (nSPS) is 11.7. The van der Waals surface area contributed by atoms with Crippen LogP contribution in [-0.2, 0) is 4.79 Å². The highest BCUT2D eigenvalue weighted by Gasteiger charge is 2.25. The van der Waals surface area contributed by atoms with Gasteiger partial charge in [-0.25, -0.2) is 0 Å². The van der Waals surface area contributed by atoms with E-state index in [9.17, 15) is 18.0 Å². The minimum atomic E-state index is -3.99. The van der Waals surface area contributed by atoms with Gasteiger partial charge in [0.1, 0.15) is 6.29 Å². The molecule has 0 fully saturated rings. The molecule has 0 N–H and O–H groups in total. The quantitative estimate of drug-likeness (QED) is 0.400. The SMILES string of the molecule is O=CCCCCCCCCCCC(F)(F)F. The van der Waals surface area contributed by atoms with E-state index in [0.29, 0.717) is 12.8 Å². The molecule has 0 radical (unpaired) electrons. The molecule has 0 aliphatic rings. The summed E-state index contributed by atoms with van der Waals surface area (Å²) in [7, 11) is 0. The summed E-state index contributed by atoms with van der Waals surface area (Å²) in [5.74, 6) is 0. The Morgan fingerprint density at radius 2 is 1.19 bits per heavy atom. The first-order valence-corrected chi connectivity index (χ1v) is 6.06. The van der Waals surface area contributed by atoms with Crippen LogP contribution in [0.15, 0.2) is 0 Å². The van der Waals surface area contributed by atoms with Gasteiger partial charge in [0.15, 0.2) is 0 Å². The fourth-order valence-electron chi connectivity index (χ4n) is 1.61. The molecule has 0 aliphatic carbocycles. The van der Waals surface area contributed by atoms with Crippen LogP contribution in [0.25, 0.3) is 0 Å². The molecule has 16 heavy (non-hydrogen) atoms. The smallest absolute Gasteiger partial charge is 0.303 e. The van der Waals surface area contributed by atoms with E-state index in [-0.39, 0.29) is 6.42 Å². The predicted molar refractivity (Wildman–Crippen MR) is 58.3 cm³/mol. The number of hydrogen-bond acceptors (Lipinski definition) is 1. The highest BCUT2D eigenvalue weighted by Crippen LogP contribution is 2.23. The lowest BCUT2D eigenvalue weighted by Gasteiger charge is -2.05. The van der Waals surface area contributed by atoms with Crippen molar-refractivity contribution in [2.75, 3.05) is 0 Å². The van der Waals surface area contributed by atoms with Gasteiger partial charge in [-0.05, 0) is 12.8 Å². The van der Waals surface area contributed by atoms with Gasteiger partial charge in [-0.1, -0.05) is 38.5 Å². The Bertz CT molecular complexity index is 166. The number of hydrogen-bond donors (Lipinski definition) is 0. The molecular formula is C12H21F3O. The number of rotatable bonds is 10. The standard InChI is InChI=1S/C12H21F3O/c13-12(14,15)10-8-6-4-2-1-3-5-7-9-11-16/h11H,1-10H2. The number of carbonyl (C=O) groups excluding carboxylic acids is 1. The molecule has 0 heterocycles. The Morgan fingerprint density at radius 1 is 0.750 bits per heavy atom. The molecule has 0 spiro atoms. The summed E-state index contributed by atoms with van der Waals surface area (Å²) in [6, 6.07) is 0. The van der Waals surface area contributed by atoms with E-state index >= 15 is 0 Å². The number of alkyl halides is 3. The maximum Gasteiger partial charge on any atom is 0.389 e. The average Bonchev–Trinajstić information content (AvgIpc) is 2.19. The Balaban J connectivity index is 3.01. The van der Waals surface area contributed by atoms with Crippen molar-refractivity contribution in [3.05, 3.63) is 0 Å². The second-order valence-corrected chi connectivity index (χ2v) is 4.15. The van der Waals surface area contributed by atoms with Crippen molar-refractivity contribution in [1.82, 2.24) is 0 Å². The molecule has 0 aromatic carbocycles. The second kappa shape index (κ2) is 9.67. The van der Waals surface area contributed by atoms with E-state index < -0.39 is 12.6 Å². The van der Waals surface area contributed by atoms with Crippen LogP contribution in [0.4, 0.5) is 13.2 Å². The molecule has 0 rings (SSSR count). The molecular weight excluding hydrogens is 217 g/mol. The topological polar surface area (TPSA) is 17.1 Å². The number of halogens is 3. The maximum absolute atomic E-state index is 11.8. The summed E-state index contributed by atoms with van der Waals surface area (Å²) in [4.78, 5) is 10.0. The fraction of sp³-hybridized carbons (Fsp3) is 0.917. The van der Waals surface area contributed by atoms with Gasteiger partial charge >= 0.3 is 6.18 Å². The number of carbonyl (C=O) groups is 1.